The van der Waals surface area contributed by atoms with Gasteiger partial charge < -0.3 is 15.0 Å². The molecular weight excluding hydrogens is 206 g/mol. The highest BCUT2D eigenvalue weighted by Gasteiger charge is 2.16. The van der Waals surface area contributed by atoms with Crippen LogP contribution in [0.4, 0.5) is 0 Å². The molecule has 0 aliphatic rings. The number of methoxy groups -OCH3 is 1. The summed E-state index contributed by atoms with van der Waals surface area (Å²) in [5.74, 6) is 1.61. The van der Waals surface area contributed by atoms with Crippen LogP contribution in [-0.4, -0.2) is 23.9 Å². The van der Waals surface area contributed by atoms with Crippen LogP contribution in [0.25, 0.3) is 0 Å². The summed E-state index contributed by atoms with van der Waals surface area (Å²) in [5.41, 5.74) is 5.94. The maximum absolute atomic E-state index is 5.94. The molecule has 0 saturated heterocycles. The highest BCUT2D eigenvalue weighted by molar-refractivity contribution is 4.96. The van der Waals surface area contributed by atoms with Crippen LogP contribution in [0.2, 0.25) is 0 Å². The van der Waals surface area contributed by atoms with E-state index in [1.807, 2.05) is 0 Å². The van der Waals surface area contributed by atoms with Crippen LogP contribution < -0.4 is 5.73 Å². The lowest BCUT2D eigenvalue weighted by Crippen LogP contribution is -2.11. The van der Waals surface area contributed by atoms with Crippen LogP contribution in [0.1, 0.15) is 56.8 Å². The van der Waals surface area contributed by atoms with Crippen molar-refractivity contribution in [3.63, 3.8) is 0 Å². The first kappa shape index (κ1) is 13.1. The Labute approximate surface area is 96.4 Å². The molecule has 0 spiro atoms. The predicted octanol–water partition coefficient (Wildman–Crippen LogP) is 2.01. The van der Waals surface area contributed by atoms with Gasteiger partial charge in [0.15, 0.2) is 5.82 Å². The van der Waals surface area contributed by atoms with Gasteiger partial charge in [0.1, 0.15) is 0 Å². The van der Waals surface area contributed by atoms with Gasteiger partial charge in [0.05, 0.1) is 6.04 Å². The van der Waals surface area contributed by atoms with Gasteiger partial charge in [-0.25, -0.2) is 0 Å². The maximum atomic E-state index is 5.94. The molecule has 1 aromatic heterocycles. The van der Waals surface area contributed by atoms with Gasteiger partial charge in [-0.2, -0.15) is 4.98 Å². The molecule has 16 heavy (non-hydrogen) atoms. The molecule has 5 nitrogen and oxygen atoms in total. The summed E-state index contributed by atoms with van der Waals surface area (Å²) in [6.45, 7) is 4.88. The summed E-state index contributed by atoms with van der Waals surface area (Å²) >= 11 is 0. The molecule has 0 aliphatic carbocycles. The molecule has 0 aliphatic heterocycles. The van der Waals surface area contributed by atoms with Gasteiger partial charge in [0, 0.05) is 19.6 Å². The van der Waals surface area contributed by atoms with Gasteiger partial charge in [-0.15, -0.1) is 0 Å². The van der Waals surface area contributed by atoms with E-state index in [4.69, 9.17) is 15.0 Å². The summed E-state index contributed by atoms with van der Waals surface area (Å²) in [5, 5.41) is 3.94. The Bertz CT molecular complexity index is 301. The van der Waals surface area contributed by atoms with E-state index in [1.54, 1.807) is 7.11 Å². The molecule has 1 heterocycles. The fraction of sp³-hybridized carbons (Fsp3) is 0.818. The fourth-order valence-electron chi connectivity index (χ4n) is 1.35. The van der Waals surface area contributed by atoms with Crippen LogP contribution in [-0.2, 0) is 4.74 Å². The number of hydrogen-bond donors (Lipinski definition) is 1. The number of hydrogen-bond acceptors (Lipinski definition) is 5. The fourth-order valence-corrected chi connectivity index (χ4v) is 1.35. The average Bonchev–Trinajstić information content (AvgIpc) is 2.77. The second kappa shape index (κ2) is 6.60. The van der Waals surface area contributed by atoms with Crippen LogP contribution >= 0.6 is 0 Å². The first-order valence-electron chi connectivity index (χ1n) is 5.77. The zero-order valence-corrected chi connectivity index (χ0v) is 10.3. The molecule has 5 heteroatoms. The summed E-state index contributed by atoms with van der Waals surface area (Å²) in [6.07, 6.45) is 2.70. The Balaban J connectivity index is 2.49. The minimum Gasteiger partial charge on any atom is -0.385 e. The van der Waals surface area contributed by atoms with Crippen LogP contribution in [0.3, 0.4) is 0 Å². The minimum atomic E-state index is -0.180. The summed E-state index contributed by atoms with van der Waals surface area (Å²) in [4.78, 5) is 4.32. The van der Waals surface area contributed by atoms with E-state index < -0.39 is 0 Å². The van der Waals surface area contributed by atoms with E-state index in [0.717, 1.165) is 25.1 Å². The van der Waals surface area contributed by atoms with Crippen molar-refractivity contribution in [1.29, 1.82) is 0 Å². The molecule has 0 bridgehead atoms. The zero-order valence-electron chi connectivity index (χ0n) is 10.3. The molecule has 2 N–H and O–H groups in total. The minimum absolute atomic E-state index is 0.180. The van der Waals surface area contributed by atoms with Crippen LogP contribution in [0.15, 0.2) is 4.52 Å². The number of ether oxygens (including phenoxy) is 1. The first-order valence-corrected chi connectivity index (χ1v) is 5.77. The highest BCUT2D eigenvalue weighted by atomic mass is 16.5. The SMILES string of the molecule is CCC(C)c1noc(C(N)CCCOC)n1. The molecule has 0 saturated carbocycles. The predicted molar refractivity (Wildman–Crippen MR) is 61.0 cm³/mol. The Morgan fingerprint density at radius 2 is 2.25 bits per heavy atom. The van der Waals surface area contributed by atoms with E-state index in [2.05, 4.69) is 24.0 Å². The Morgan fingerprint density at radius 3 is 2.88 bits per heavy atom. The molecular formula is C11H21N3O2. The second-order valence-electron chi connectivity index (χ2n) is 4.04. The van der Waals surface area contributed by atoms with Crippen molar-refractivity contribution in [3.05, 3.63) is 11.7 Å². The molecule has 1 aromatic rings. The van der Waals surface area contributed by atoms with E-state index >= 15 is 0 Å². The number of aromatic nitrogens is 2. The van der Waals surface area contributed by atoms with Gasteiger partial charge in [-0.05, 0) is 19.3 Å². The van der Waals surface area contributed by atoms with Crippen molar-refractivity contribution in [1.82, 2.24) is 10.1 Å². The molecule has 0 amide bonds. The third-order valence-corrected chi connectivity index (χ3v) is 2.69. The van der Waals surface area contributed by atoms with Gasteiger partial charge in [-0.1, -0.05) is 19.0 Å². The molecule has 1 rings (SSSR count). The largest absolute Gasteiger partial charge is 0.385 e. The lowest BCUT2D eigenvalue weighted by atomic mass is 10.1. The summed E-state index contributed by atoms with van der Waals surface area (Å²) in [7, 11) is 1.68. The second-order valence-corrected chi connectivity index (χ2v) is 4.04. The molecule has 0 radical (unpaired) electrons. The summed E-state index contributed by atoms with van der Waals surface area (Å²) in [6, 6.07) is -0.180. The van der Waals surface area contributed by atoms with E-state index in [0.29, 0.717) is 18.4 Å². The topological polar surface area (TPSA) is 74.2 Å². The lowest BCUT2D eigenvalue weighted by Gasteiger charge is -2.05. The maximum Gasteiger partial charge on any atom is 0.243 e. The van der Waals surface area contributed by atoms with E-state index in [-0.39, 0.29) is 6.04 Å². The lowest BCUT2D eigenvalue weighted by molar-refractivity contribution is 0.188. The Hall–Kier alpha value is -0.940. The van der Waals surface area contributed by atoms with Gasteiger partial charge in [-0.3, -0.25) is 0 Å². The van der Waals surface area contributed by atoms with Crippen molar-refractivity contribution in [2.75, 3.05) is 13.7 Å². The van der Waals surface area contributed by atoms with Crippen molar-refractivity contribution in [2.45, 2.75) is 45.1 Å². The Morgan fingerprint density at radius 1 is 1.50 bits per heavy atom. The van der Waals surface area contributed by atoms with Gasteiger partial charge in [0.25, 0.3) is 0 Å². The van der Waals surface area contributed by atoms with Crippen LogP contribution in [0, 0.1) is 0 Å². The van der Waals surface area contributed by atoms with Crippen molar-refractivity contribution in [2.24, 2.45) is 5.73 Å². The smallest absolute Gasteiger partial charge is 0.243 e. The standard InChI is InChI=1S/C11H21N3O2/c1-4-8(2)10-13-11(16-14-10)9(12)6-5-7-15-3/h8-9H,4-7,12H2,1-3H3. The molecule has 0 fully saturated rings. The molecule has 92 valence electrons. The average molecular weight is 227 g/mol. The monoisotopic (exact) mass is 227 g/mol. The normalized spacial score (nSPS) is 15.0. The summed E-state index contributed by atoms with van der Waals surface area (Å²) < 4.78 is 10.1. The quantitative estimate of drug-likeness (QED) is 0.721. The van der Waals surface area contributed by atoms with E-state index in [1.165, 1.54) is 0 Å². The van der Waals surface area contributed by atoms with Gasteiger partial charge in [0.2, 0.25) is 5.89 Å². The Kier molecular flexibility index (Phi) is 5.42. The molecule has 0 aromatic carbocycles. The van der Waals surface area contributed by atoms with Crippen molar-refractivity contribution < 1.29 is 9.26 Å². The number of rotatable bonds is 7. The van der Waals surface area contributed by atoms with Crippen molar-refractivity contribution in [3.8, 4) is 0 Å². The van der Waals surface area contributed by atoms with E-state index in [9.17, 15) is 0 Å². The zero-order chi connectivity index (χ0) is 12.0. The van der Waals surface area contributed by atoms with Gasteiger partial charge >= 0.3 is 0 Å². The number of nitrogens with zero attached hydrogens (tertiary/aromatic N) is 2. The highest BCUT2D eigenvalue weighted by Crippen LogP contribution is 2.19. The van der Waals surface area contributed by atoms with Crippen molar-refractivity contribution >= 4 is 0 Å². The van der Waals surface area contributed by atoms with Crippen LogP contribution in [0.5, 0.6) is 0 Å². The third-order valence-electron chi connectivity index (χ3n) is 2.69. The molecule has 2 unspecified atom stereocenters. The third kappa shape index (κ3) is 3.57. The number of nitrogens with two attached hydrogens (primary N) is 1. The molecule has 2 atom stereocenters. The first-order chi connectivity index (χ1) is 7.69.